The zero-order valence-corrected chi connectivity index (χ0v) is 28.1. The molecule has 0 rings (SSSR count). The summed E-state index contributed by atoms with van der Waals surface area (Å²) in [5.74, 6) is 1.42. The van der Waals surface area contributed by atoms with E-state index >= 15 is 0 Å². The fourth-order valence-electron chi connectivity index (χ4n) is 3.51. The van der Waals surface area contributed by atoms with Crippen LogP contribution in [0, 0.1) is 59.0 Å². The van der Waals surface area contributed by atoms with E-state index in [4.69, 9.17) is 0 Å². The molecule has 0 aliphatic heterocycles. The molecule has 0 fully saturated rings. The molecule has 3 unspecified atom stereocenters. The van der Waals surface area contributed by atoms with Crippen LogP contribution < -0.4 is 31.3 Å². The molecule has 0 radical (unpaired) electrons. The molecule has 3 atom stereocenters. The van der Waals surface area contributed by atoms with E-state index in [0.29, 0.717) is 37.4 Å². The molecule has 3 amide bonds. The van der Waals surface area contributed by atoms with Gasteiger partial charge in [0.2, 0.25) is 0 Å². The largest absolute Gasteiger partial charge is 3.00 e. The van der Waals surface area contributed by atoms with Crippen molar-refractivity contribution in [1.82, 2.24) is 16.0 Å². The summed E-state index contributed by atoms with van der Waals surface area (Å²) in [5.41, 5.74) is 0. The SMILES string of the molecule is CCCCC(CC)CNC(=O)[O-].CCCCC(CC)CNC(=O)[O-].CCCCC(CC)CNC(=O)[O-].[Pr+3]. The van der Waals surface area contributed by atoms with Crippen LogP contribution in [0.4, 0.5) is 14.4 Å². The predicted octanol–water partition coefficient (Wildman–Crippen LogP) is 3.41. The van der Waals surface area contributed by atoms with Crippen LogP contribution in [0.1, 0.15) is 119 Å². The summed E-state index contributed by atoms with van der Waals surface area (Å²) in [5, 5.41) is 37.1. The Hall–Kier alpha value is -0.826. The van der Waals surface area contributed by atoms with Crippen LogP contribution in [0.2, 0.25) is 0 Å². The van der Waals surface area contributed by atoms with Crippen molar-refractivity contribution in [3.8, 4) is 0 Å². The van der Waals surface area contributed by atoms with Crippen molar-refractivity contribution in [2.45, 2.75) is 119 Å². The Kier molecular flexibility index (Phi) is 38.8. The van der Waals surface area contributed by atoms with E-state index in [0.717, 1.165) is 38.5 Å². The van der Waals surface area contributed by atoms with Crippen molar-refractivity contribution >= 4 is 18.3 Å². The molecule has 0 aromatic rings. The molecular weight excluding hydrogens is 603 g/mol. The molecule has 0 saturated carbocycles. The molecule has 0 aromatic heterocycles. The predicted molar refractivity (Wildman–Crippen MR) is 140 cm³/mol. The van der Waals surface area contributed by atoms with Crippen molar-refractivity contribution in [1.29, 1.82) is 0 Å². The molecular formula is C27H54N3O6Pr. The summed E-state index contributed by atoms with van der Waals surface area (Å²) in [6, 6.07) is 0. The van der Waals surface area contributed by atoms with Crippen molar-refractivity contribution in [2.75, 3.05) is 19.6 Å². The molecule has 0 saturated heterocycles. The average molecular weight is 658 g/mol. The molecule has 216 valence electrons. The summed E-state index contributed by atoms with van der Waals surface area (Å²) in [6.07, 6.45) is 9.94. The molecule has 37 heavy (non-hydrogen) atoms. The maximum Gasteiger partial charge on any atom is 3.00 e. The van der Waals surface area contributed by atoms with E-state index in [1.807, 2.05) is 0 Å². The number of carbonyl (C=O) groups is 3. The van der Waals surface area contributed by atoms with Gasteiger partial charge in [0, 0.05) is 19.6 Å². The van der Waals surface area contributed by atoms with Gasteiger partial charge in [0.15, 0.2) is 0 Å². The molecule has 3 N–H and O–H groups in total. The zero-order valence-electron chi connectivity index (χ0n) is 24.4. The second kappa shape index (κ2) is 33.2. The van der Waals surface area contributed by atoms with Gasteiger partial charge >= 0.3 is 41.3 Å². The van der Waals surface area contributed by atoms with E-state index in [-0.39, 0.29) is 41.3 Å². The van der Waals surface area contributed by atoms with Gasteiger partial charge in [-0.05, 0) is 37.0 Å². The fourth-order valence-corrected chi connectivity index (χ4v) is 3.51. The summed E-state index contributed by atoms with van der Waals surface area (Å²) < 4.78 is 0. The van der Waals surface area contributed by atoms with Crippen LogP contribution in [0.15, 0.2) is 0 Å². The Morgan fingerprint density at radius 2 is 0.730 bits per heavy atom. The van der Waals surface area contributed by atoms with Gasteiger partial charge in [-0.15, -0.1) is 0 Å². The van der Waals surface area contributed by atoms with Crippen LogP contribution in [0.3, 0.4) is 0 Å². The first-order chi connectivity index (χ1) is 17.1. The quantitative estimate of drug-likeness (QED) is 0.205. The Morgan fingerprint density at radius 1 is 0.514 bits per heavy atom. The third-order valence-electron chi connectivity index (χ3n) is 6.24. The summed E-state index contributed by atoms with van der Waals surface area (Å²) in [7, 11) is 0. The smallest absolute Gasteiger partial charge is 0.530 e. The number of unbranched alkanes of at least 4 members (excludes halogenated alkanes) is 3. The maximum absolute atomic E-state index is 10.1. The van der Waals surface area contributed by atoms with Crippen molar-refractivity contribution in [3.05, 3.63) is 0 Å². The van der Waals surface area contributed by atoms with Gasteiger partial charge in [-0.1, -0.05) is 99.3 Å². The van der Waals surface area contributed by atoms with Crippen molar-refractivity contribution in [3.63, 3.8) is 0 Å². The first-order valence-corrected chi connectivity index (χ1v) is 14.0. The number of amides is 3. The van der Waals surface area contributed by atoms with Crippen LogP contribution in [0.5, 0.6) is 0 Å². The average Bonchev–Trinajstić information content (AvgIpc) is 2.85. The Bertz CT molecular complexity index is 455. The van der Waals surface area contributed by atoms with E-state index in [1.165, 1.54) is 38.5 Å². The topological polar surface area (TPSA) is 156 Å². The van der Waals surface area contributed by atoms with Crippen LogP contribution in [-0.4, -0.2) is 37.9 Å². The summed E-state index contributed by atoms with van der Waals surface area (Å²) in [6.45, 7) is 14.3. The van der Waals surface area contributed by atoms with E-state index in [9.17, 15) is 29.7 Å². The number of nitrogens with one attached hydrogen (secondary N) is 3. The van der Waals surface area contributed by atoms with Crippen LogP contribution in [-0.2, 0) is 0 Å². The minimum atomic E-state index is -1.16. The van der Waals surface area contributed by atoms with E-state index < -0.39 is 18.3 Å². The second-order valence-electron chi connectivity index (χ2n) is 9.25. The van der Waals surface area contributed by atoms with Gasteiger partial charge in [0.05, 0.1) is 0 Å². The number of rotatable bonds is 18. The Morgan fingerprint density at radius 3 is 0.865 bits per heavy atom. The van der Waals surface area contributed by atoms with Gasteiger partial charge in [-0.2, -0.15) is 0 Å². The van der Waals surface area contributed by atoms with Crippen molar-refractivity contribution < 1.29 is 71.0 Å². The minimum Gasteiger partial charge on any atom is -0.530 e. The first kappa shape index (κ1) is 43.2. The third kappa shape index (κ3) is 37.4. The zero-order chi connectivity index (χ0) is 28.2. The second-order valence-corrected chi connectivity index (χ2v) is 9.25. The molecule has 0 spiro atoms. The maximum atomic E-state index is 10.1. The molecule has 10 heteroatoms. The van der Waals surface area contributed by atoms with Gasteiger partial charge in [-0.25, -0.2) is 0 Å². The summed E-state index contributed by atoms with van der Waals surface area (Å²) >= 11 is 0. The minimum absolute atomic E-state index is 0. The molecule has 0 heterocycles. The molecule has 0 aliphatic carbocycles. The number of hydrogen-bond donors (Lipinski definition) is 3. The number of carbonyl (C=O) groups excluding carboxylic acids is 3. The van der Waals surface area contributed by atoms with Gasteiger partial charge < -0.3 is 45.7 Å². The van der Waals surface area contributed by atoms with Gasteiger partial charge in [0.1, 0.15) is 18.3 Å². The van der Waals surface area contributed by atoms with Crippen molar-refractivity contribution in [2.24, 2.45) is 17.8 Å². The van der Waals surface area contributed by atoms with Crippen LogP contribution >= 0.6 is 0 Å². The first-order valence-electron chi connectivity index (χ1n) is 14.0. The van der Waals surface area contributed by atoms with E-state index in [2.05, 4.69) is 57.5 Å². The fraction of sp³-hybridized carbons (Fsp3) is 0.889. The summed E-state index contributed by atoms with van der Waals surface area (Å²) in [4.78, 5) is 30.2. The number of carboxylic acid groups (broad SMARTS) is 3. The monoisotopic (exact) mass is 657 g/mol. The normalized spacial score (nSPS) is 12.2. The molecule has 9 nitrogen and oxygen atoms in total. The van der Waals surface area contributed by atoms with Crippen LogP contribution in [0.25, 0.3) is 0 Å². The van der Waals surface area contributed by atoms with Gasteiger partial charge in [0.25, 0.3) is 0 Å². The Balaban J connectivity index is -0.000000218. The molecule has 0 aromatic carbocycles. The number of hydrogen-bond acceptors (Lipinski definition) is 6. The van der Waals surface area contributed by atoms with Gasteiger partial charge in [-0.3, -0.25) is 0 Å². The van der Waals surface area contributed by atoms with E-state index in [1.54, 1.807) is 0 Å². The standard InChI is InChI=1S/3C9H19NO2.Pr/c3*1-3-5-6-8(4-2)7-10-9(11)12;/h3*8,10H,3-7H2,1-2H3,(H,11,12);/q;;;+3/p-3. The molecule has 0 aliphatic rings. The Labute approximate surface area is 259 Å². The third-order valence-corrected chi connectivity index (χ3v) is 6.24. The molecule has 0 bridgehead atoms.